The van der Waals surface area contributed by atoms with E-state index in [-0.39, 0.29) is 12.3 Å². The summed E-state index contributed by atoms with van der Waals surface area (Å²) in [5.41, 5.74) is 1.38. The Morgan fingerprint density at radius 2 is 1.90 bits per heavy atom. The number of hydrogen-bond acceptors (Lipinski definition) is 7. The topological polar surface area (TPSA) is 96.7 Å². The normalized spacial score (nSPS) is 10.8. The van der Waals surface area contributed by atoms with Crippen LogP contribution in [0.25, 0.3) is 17.1 Å². The smallest absolute Gasteiger partial charge is 0.331 e. The Morgan fingerprint density at radius 3 is 2.66 bits per heavy atom. The van der Waals surface area contributed by atoms with Gasteiger partial charge in [-0.25, -0.2) is 14.6 Å². The third kappa shape index (κ3) is 4.67. The second kappa shape index (κ2) is 8.83. The molecule has 0 spiro atoms. The third-order valence-electron chi connectivity index (χ3n) is 4.06. The van der Waals surface area contributed by atoms with Crippen molar-refractivity contribution in [1.29, 1.82) is 0 Å². The van der Waals surface area contributed by atoms with Crippen LogP contribution in [0.3, 0.4) is 0 Å². The number of carbonyl (C=O) groups excluding carboxylic acids is 2. The number of nitrogens with zero attached hydrogens (tertiary/aromatic N) is 2. The van der Waals surface area contributed by atoms with Crippen molar-refractivity contribution in [3.8, 4) is 11.5 Å². The summed E-state index contributed by atoms with van der Waals surface area (Å²) in [6.07, 6.45) is 3.97. The Kier molecular flexibility index (Phi) is 6.03. The predicted molar refractivity (Wildman–Crippen MR) is 106 cm³/mol. The molecule has 3 aromatic rings. The zero-order valence-electron chi connectivity index (χ0n) is 15.8. The molecule has 29 heavy (non-hydrogen) atoms. The summed E-state index contributed by atoms with van der Waals surface area (Å²) in [5.74, 6) is -0.634. The van der Waals surface area contributed by atoms with Gasteiger partial charge in [0.15, 0.2) is 11.5 Å². The molecule has 0 fully saturated rings. The lowest BCUT2D eigenvalue weighted by Gasteiger charge is -2.12. The maximum absolute atomic E-state index is 12.5. The molecule has 3 rings (SSSR count). The molecule has 0 saturated heterocycles. The molecule has 1 heterocycles. The van der Waals surface area contributed by atoms with E-state index < -0.39 is 17.5 Å². The summed E-state index contributed by atoms with van der Waals surface area (Å²) >= 11 is 0. The molecule has 0 aliphatic heterocycles. The first kappa shape index (κ1) is 19.8. The Balaban J connectivity index is 1.81. The fraction of sp³-hybridized carbons (Fsp3) is 0.143. The fourth-order valence-corrected chi connectivity index (χ4v) is 2.67. The van der Waals surface area contributed by atoms with Gasteiger partial charge in [0.1, 0.15) is 6.54 Å². The molecular formula is C21H18N2O6. The van der Waals surface area contributed by atoms with Crippen LogP contribution in [0.15, 0.2) is 59.5 Å². The van der Waals surface area contributed by atoms with E-state index in [1.165, 1.54) is 31.1 Å². The van der Waals surface area contributed by atoms with Crippen molar-refractivity contribution in [1.82, 2.24) is 9.55 Å². The predicted octanol–water partition coefficient (Wildman–Crippen LogP) is 2.20. The second-order valence-corrected chi connectivity index (χ2v) is 5.91. The SMILES string of the molecule is COC(=O)/C=C/c1ccc(OC(=O)Cn2c(=O)cnc3ccccc32)c(OC)c1. The molecule has 0 amide bonds. The highest BCUT2D eigenvalue weighted by Crippen LogP contribution is 2.29. The maximum atomic E-state index is 12.5. The monoisotopic (exact) mass is 394 g/mol. The van der Waals surface area contributed by atoms with Crippen LogP contribution in [0, 0.1) is 0 Å². The Labute approximate surface area is 166 Å². The number of fused-ring (bicyclic) bond motifs is 1. The van der Waals surface area contributed by atoms with E-state index >= 15 is 0 Å². The van der Waals surface area contributed by atoms with E-state index in [2.05, 4.69) is 9.72 Å². The maximum Gasteiger partial charge on any atom is 0.331 e. The van der Waals surface area contributed by atoms with E-state index in [9.17, 15) is 14.4 Å². The molecule has 0 radical (unpaired) electrons. The van der Waals surface area contributed by atoms with Gasteiger partial charge in [-0.15, -0.1) is 0 Å². The van der Waals surface area contributed by atoms with E-state index in [4.69, 9.17) is 9.47 Å². The molecular weight excluding hydrogens is 376 g/mol. The minimum absolute atomic E-state index is 0.194. The standard InChI is InChI=1S/C21H18N2O6/c1-27-18-11-14(8-10-20(25)28-2)7-9-17(18)29-21(26)13-23-16-6-4-3-5-15(16)22-12-19(23)24/h3-12H,13H2,1-2H3/b10-8+. The lowest BCUT2D eigenvalue weighted by Crippen LogP contribution is -2.27. The Hall–Kier alpha value is -3.94. The minimum Gasteiger partial charge on any atom is -0.493 e. The molecule has 8 nitrogen and oxygen atoms in total. The van der Waals surface area contributed by atoms with Gasteiger partial charge in [0.05, 0.1) is 31.4 Å². The average molecular weight is 394 g/mol. The number of methoxy groups -OCH3 is 2. The number of esters is 2. The van der Waals surface area contributed by atoms with Crippen LogP contribution < -0.4 is 15.0 Å². The fourth-order valence-electron chi connectivity index (χ4n) is 2.67. The lowest BCUT2D eigenvalue weighted by molar-refractivity contribution is -0.135. The highest BCUT2D eigenvalue weighted by Gasteiger charge is 2.14. The molecule has 1 aromatic heterocycles. The zero-order chi connectivity index (χ0) is 20.8. The average Bonchev–Trinajstić information content (AvgIpc) is 2.74. The van der Waals surface area contributed by atoms with Crippen LogP contribution >= 0.6 is 0 Å². The van der Waals surface area contributed by atoms with Gasteiger partial charge in [-0.3, -0.25) is 9.36 Å². The number of carbonyl (C=O) groups is 2. The van der Waals surface area contributed by atoms with Crippen LogP contribution in [0.4, 0.5) is 0 Å². The summed E-state index contributed by atoms with van der Waals surface area (Å²) in [7, 11) is 2.72. The van der Waals surface area contributed by atoms with Gasteiger partial charge in [-0.1, -0.05) is 18.2 Å². The summed E-state index contributed by atoms with van der Waals surface area (Å²) in [6.45, 7) is -0.283. The quantitative estimate of drug-likeness (QED) is 0.359. The lowest BCUT2D eigenvalue weighted by atomic mass is 10.2. The van der Waals surface area contributed by atoms with Crippen molar-refractivity contribution >= 4 is 29.0 Å². The molecule has 0 atom stereocenters. The largest absolute Gasteiger partial charge is 0.493 e. The van der Waals surface area contributed by atoms with Crippen LogP contribution in [0.5, 0.6) is 11.5 Å². The number of ether oxygens (including phenoxy) is 3. The third-order valence-corrected chi connectivity index (χ3v) is 4.06. The van der Waals surface area contributed by atoms with Crippen molar-refractivity contribution in [2.24, 2.45) is 0 Å². The summed E-state index contributed by atoms with van der Waals surface area (Å²) < 4.78 is 16.5. The molecule has 0 aliphatic carbocycles. The van der Waals surface area contributed by atoms with E-state index in [0.717, 1.165) is 0 Å². The van der Waals surface area contributed by atoms with Gasteiger partial charge in [0.25, 0.3) is 5.56 Å². The molecule has 0 aliphatic rings. The van der Waals surface area contributed by atoms with Crippen LogP contribution in [0.1, 0.15) is 5.56 Å². The first-order valence-corrected chi connectivity index (χ1v) is 8.61. The van der Waals surface area contributed by atoms with Crippen molar-refractivity contribution < 1.29 is 23.8 Å². The number of hydrogen-bond donors (Lipinski definition) is 0. The summed E-state index contributed by atoms with van der Waals surface area (Å²) in [5, 5.41) is 0. The number of para-hydroxylation sites is 2. The molecule has 148 valence electrons. The van der Waals surface area contributed by atoms with Gasteiger partial charge in [0.2, 0.25) is 0 Å². The van der Waals surface area contributed by atoms with Crippen molar-refractivity contribution in [3.05, 3.63) is 70.7 Å². The van der Waals surface area contributed by atoms with Crippen molar-refractivity contribution in [2.45, 2.75) is 6.54 Å². The van der Waals surface area contributed by atoms with E-state index in [1.807, 2.05) is 0 Å². The first-order chi connectivity index (χ1) is 14.0. The second-order valence-electron chi connectivity index (χ2n) is 5.91. The molecule has 0 saturated carbocycles. The molecule has 0 unspecified atom stereocenters. The van der Waals surface area contributed by atoms with E-state index in [1.54, 1.807) is 48.5 Å². The van der Waals surface area contributed by atoms with Crippen LogP contribution in [-0.2, 0) is 20.9 Å². The molecule has 0 N–H and O–H groups in total. The van der Waals surface area contributed by atoms with Crippen LogP contribution in [0.2, 0.25) is 0 Å². The van der Waals surface area contributed by atoms with Gasteiger partial charge < -0.3 is 14.2 Å². The molecule has 8 heteroatoms. The highest BCUT2D eigenvalue weighted by molar-refractivity contribution is 5.87. The Bertz CT molecular complexity index is 1150. The molecule has 2 aromatic carbocycles. The van der Waals surface area contributed by atoms with Crippen molar-refractivity contribution in [3.63, 3.8) is 0 Å². The van der Waals surface area contributed by atoms with Gasteiger partial charge in [-0.2, -0.15) is 0 Å². The number of rotatable bonds is 6. The summed E-state index contributed by atoms with van der Waals surface area (Å²) in [6, 6.07) is 11.8. The van der Waals surface area contributed by atoms with E-state index in [0.29, 0.717) is 22.3 Å². The minimum atomic E-state index is -0.639. The zero-order valence-corrected chi connectivity index (χ0v) is 15.8. The van der Waals surface area contributed by atoms with Gasteiger partial charge >= 0.3 is 11.9 Å². The van der Waals surface area contributed by atoms with Crippen LogP contribution in [-0.4, -0.2) is 35.7 Å². The summed E-state index contributed by atoms with van der Waals surface area (Å²) in [4.78, 5) is 39.9. The first-order valence-electron chi connectivity index (χ1n) is 8.61. The highest BCUT2D eigenvalue weighted by atomic mass is 16.6. The van der Waals surface area contributed by atoms with Crippen molar-refractivity contribution in [2.75, 3.05) is 14.2 Å². The Morgan fingerprint density at radius 1 is 1.10 bits per heavy atom. The molecule has 0 bridgehead atoms. The van der Waals surface area contributed by atoms with Gasteiger partial charge in [-0.05, 0) is 35.9 Å². The van der Waals surface area contributed by atoms with Gasteiger partial charge in [0, 0.05) is 6.08 Å². The number of benzene rings is 2. The number of aromatic nitrogens is 2.